The Hall–Kier alpha value is -2.00. The van der Waals surface area contributed by atoms with Crippen LogP contribution < -0.4 is 5.32 Å². The molecule has 0 aromatic carbocycles. The lowest BCUT2D eigenvalue weighted by Gasteiger charge is -2.16. The summed E-state index contributed by atoms with van der Waals surface area (Å²) in [6, 6.07) is 2.21. The van der Waals surface area contributed by atoms with Crippen LogP contribution in [0.1, 0.15) is 35.3 Å². The molecule has 1 saturated carbocycles. The highest BCUT2D eigenvalue weighted by Crippen LogP contribution is 2.43. The van der Waals surface area contributed by atoms with Crippen LogP contribution in [0.3, 0.4) is 0 Å². The van der Waals surface area contributed by atoms with E-state index < -0.39 is 0 Å². The van der Waals surface area contributed by atoms with Crippen LogP contribution in [0.15, 0.2) is 17.8 Å². The molecule has 0 aliphatic heterocycles. The van der Waals surface area contributed by atoms with Crippen molar-refractivity contribution in [1.29, 1.82) is 5.26 Å². The topological polar surface area (TPSA) is 74.5 Å². The molecule has 0 radical (unpaired) electrons. The minimum atomic E-state index is 0.141. The molecule has 2 heterocycles. The quantitative estimate of drug-likeness (QED) is 0.925. The van der Waals surface area contributed by atoms with E-state index in [-0.39, 0.29) is 6.04 Å². The molecule has 0 spiro atoms. The largest absolute Gasteiger partial charge is 0.358 e. The molecule has 0 saturated heterocycles. The average molecular weight is 271 g/mol. The Morgan fingerprint density at radius 1 is 1.42 bits per heavy atom. The fourth-order valence-electron chi connectivity index (χ4n) is 2.00. The van der Waals surface area contributed by atoms with Gasteiger partial charge in [0.15, 0.2) is 11.5 Å². The first-order chi connectivity index (χ1) is 9.28. The SMILES string of the molecule is Cc1csc(C(Nc2nccnc2C#N)C2CC2)n1. The Kier molecular flexibility index (Phi) is 3.13. The molecule has 96 valence electrons. The van der Waals surface area contributed by atoms with E-state index in [2.05, 4.69) is 26.3 Å². The summed E-state index contributed by atoms with van der Waals surface area (Å²) in [4.78, 5) is 12.8. The van der Waals surface area contributed by atoms with Gasteiger partial charge in [-0.2, -0.15) is 5.26 Å². The maximum Gasteiger partial charge on any atom is 0.182 e. The fraction of sp³-hybridized carbons (Fsp3) is 0.385. The van der Waals surface area contributed by atoms with Gasteiger partial charge in [0.25, 0.3) is 0 Å². The zero-order valence-electron chi connectivity index (χ0n) is 10.5. The second-order valence-corrected chi connectivity index (χ2v) is 5.54. The van der Waals surface area contributed by atoms with Gasteiger partial charge in [0.1, 0.15) is 11.1 Å². The van der Waals surface area contributed by atoms with Gasteiger partial charge in [-0.15, -0.1) is 11.3 Å². The van der Waals surface area contributed by atoms with Crippen LogP contribution in [0.2, 0.25) is 0 Å². The number of aryl methyl sites for hydroxylation is 1. The maximum absolute atomic E-state index is 9.05. The molecule has 1 unspecified atom stereocenters. The third-order valence-electron chi connectivity index (χ3n) is 3.09. The monoisotopic (exact) mass is 271 g/mol. The van der Waals surface area contributed by atoms with Crippen LogP contribution in [-0.4, -0.2) is 15.0 Å². The van der Waals surface area contributed by atoms with Gasteiger partial charge in [-0.3, -0.25) is 0 Å². The highest BCUT2D eigenvalue weighted by molar-refractivity contribution is 7.09. The second-order valence-electron chi connectivity index (χ2n) is 4.65. The molecule has 3 rings (SSSR count). The predicted octanol–water partition coefficient (Wildman–Crippen LogP) is 2.68. The van der Waals surface area contributed by atoms with Gasteiger partial charge in [0.05, 0.1) is 6.04 Å². The molecule has 2 aromatic heterocycles. The molecule has 2 aromatic rings. The number of hydrogen-bond donors (Lipinski definition) is 1. The summed E-state index contributed by atoms with van der Waals surface area (Å²) in [5.74, 6) is 1.13. The van der Waals surface area contributed by atoms with E-state index in [4.69, 9.17) is 5.26 Å². The molecular formula is C13H13N5S. The van der Waals surface area contributed by atoms with Gasteiger partial charge in [-0.1, -0.05) is 0 Å². The summed E-state index contributed by atoms with van der Waals surface area (Å²) in [6.07, 6.45) is 5.51. The first-order valence-electron chi connectivity index (χ1n) is 6.17. The summed E-state index contributed by atoms with van der Waals surface area (Å²) in [7, 11) is 0. The lowest BCUT2D eigenvalue weighted by Crippen LogP contribution is -2.15. The van der Waals surface area contributed by atoms with Crippen molar-refractivity contribution >= 4 is 17.2 Å². The molecule has 0 amide bonds. The van der Waals surface area contributed by atoms with Crippen molar-refractivity contribution < 1.29 is 0 Å². The molecule has 1 fully saturated rings. The number of aromatic nitrogens is 3. The van der Waals surface area contributed by atoms with Gasteiger partial charge < -0.3 is 5.32 Å². The third-order valence-corrected chi connectivity index (χ3v) is 4.14. The van der Waals surface area contributed by atoms with E-state index in [1.54, 1.807) is 17.5 Å². The lowest BCUT2D eigenvalue weighted by molar-refractivity contribution is 0.668. The predicted molar refractivity (Wildman–Crippen MR) is 72.7 cm³/mol. The molecular weight excluding hydrogens is 258 g/mol. The Bertz CT molecular complexity index is 626. The first kappa shape index (κ1) is 12.1. The normalized spacial score (nSPS) is 15.8. The van der Waals surface area contributed by atoms with E-state index in [1.165, 1.54) is 19.0 Å². The van der Waals surface area contributed by atoms with Crippen molar-refractivity contribution in [1.82, 2.24) is 15.0 Å². The minimum absolute atomic E-state index is 0.141. The van der Waals surface area contributed by atoms with Crippen molar-refractivity contribution in [2.24, 2.45) is 5.92 Å². The zero-order chi connectivity index (χ0) is 13.2. The van der Waals surface area contributed by atoms with E-state index in [1.807, 2.05) is 12.3 Å². The number of nitriles is 1. The lowest BCUT2D eigenvalue weighted by atomic mass is 10.2. The maximum atomic E-state index is 9.05. The van der Waals surface area contributed by atoms with Crippen LogP contribution >= 0.6 is 11.3 Å². The summed E-state index contributed by atoms with van der Waals surface area (Å²) in [6.45, 7) is 1.99. The van der Waals surface area contributed by atoms with Crippen molar-refractivity contribution in [3.05, 3.63) is 34.2 Å². The summed E-state index contributed by atoms with van der Waals surface area (Å²) >= 11 is 1.65. The standard InChI is InChI=1S/C13H13N5S/c1-8-7-19-13(17-8)11(9-2-3-9)18-12-10(6-14)15-4-5-16-12/h4-5,7,9,11H,2-3H2,1H3,(H,16,18). The number of rotatable bonds is 4. The average Bonchev–Trinajstić information content (AvgIpc) is 3.18. The number of hydrogen-bond acceptors (Lipinski definition) is 6. The molecule has 0 bridgehead atoms. The molecule has 1 N–H and O–H groups in total. The van der Waals surface area contributed by atoms with Crippen molar-refractivity contribution in [2.75, 3.05) is 5.32 Å². The van der Waals surface area contributed by atoms with Crippen LogP contribution in [0, 0.1) is 24.2 Å². The molecule has 19 heavy (non-hydrogen) atoms. The smallest absolute Gasteiger partial charge is 0.182 e. The second kappa shape index (κ2) is 4.94. The number of anilines is 1. The minimum Gasteiger partial charge on any atom is -0.358 e. The summed E-state index contributed by atoms with van der Waals surface area (Å²) < 4.78 is 0. The number of nitrogens with zero attached hydrogens (tertiary/aromatic N) is 4. The zero-order valence-corrected chi connectivity index (χ0v) is 11.3. The molecule has 6 heteroatoms. The molecule has 5 nitrogen and oxygen atoms in total. The van der Waals surface area contributed by atoms with Crippen molar-refractivity contribution in [2.45, 2.75) is 25.8 Å². The fourth-order valence-corrected chi connectivity index (χ4v) is 2.94. The summed E-state index contributed by atoms with van der Waals surface area (Å²) in [5.41, 5.74) is 1.37. The number of thiazole rings is 1. The molecule has 1 aliphatic carbocycles. The molecule has 1 aliphatic rings. The number of nitrogens with one attached hydrogen (secondary N) is 1. The Balaban J connectivity index is 1.88. The highest BCUT2D eigenvalue weighted by Gasteiger charge is 2.34. The Morgan fingerprint density at radius 3 is 2.84 bits per heavy atom. The van der Waals surface area contributed by atoms with Crippen LogP contribution in [0.4, 0.5) is 5.82 Å². The van der Waals surface area contributed by atoms with Gasteiger partial charge in [-0.05, 0) is 25.7 Å². The third kappa shape index (κ3) is 2.56. The first-order valence-corrected chi connectivity index (χ1v) is 7.05. The Labute approximate surface area is 115 Å². The van der Waals surface area contributed by atoms with E-state index in [9.17, 15) is 0 Å². The van der Waals surface area contributed by atoms with E-state index in [0.29, 0.717) is 17.4 Å². The van der Waals surface area contributed by atoms with Crippen molar-refractivity contribution in [3.63, 3.8) is 0 Å². The van der Waals surface area contributed by atoms with Crippen LogP contribution in [-0.2, 0) is 0 Å². The highest BCUT2D eigenvalue weighted by atomic mass is 32.1. The van der Waals surface area contributed by atoms with Crippen LogP contribution in [0.25, 0.3) is 0 Å². The van der Waals surface area contributed by atoms with Gasteiger partial charge in [-0.25, -0.2) is 15.0 Å². The molecule has 1 atom stereocenters. The van der Waals surface area contributed by atoms with Crippen LogP contribution in [0.5, 0.6) is 0 Å². The van der Waals surface area contributed by atoms with Gasteiger partial charge in [0.2, 0.25) is 0 Å². The van der Waals surface area contributed by atoms with Gasteiger partial charge >= 0.3 is 0 Å². The van der Waals surface area contributed by atoms with Crippen molar-refractivity contribution in [3.8, 4) is 6.07 Å². The van der Waals surface area contributed by atoms with Gasteiger partial charge in [0, 0.05) is 23.5 Å². The Morgan fingerprint density at radius 2 is 2.21 bits per heavy atom. The van der Waals surface area contributed by atoms with E-state index >= 15 is 0 Å². The van der Waals surface area contributed by atoms with E-state index in [0.717, 1.165) is 10.7 Å². The summed E-state index contributed by atoms with van der Waals surface area (Å²) in [5, 5.41) is 15.5.